The number of carbonyl (C=O) groups excluding carboxylic acids is 1. The minimum atomic E-state index is -1.79. The lowest BCUT2D eigenvalue weighted by atomic mass is 9.97. The second kappa shape index (κ2) is 53.0. The zero-order valence-electron chi connectivity index (χ0n) is 51.7. The molecule has 82 heavy (non-hydrogen) atoms. The molecule has 0 radical (unpaired) electrons. The number of aliphatic hydroxyl groups is 8. The predicted octanol–water partition coefficient (Wildman–Crippen LogP) is 12.9. The first kappa shape index (κ1) is 75.8. The topological polar surface area (TPSA) is 228 Å². The van der Waals surface area contributed by atoms with Crippen LogP contribution in [-0.4, -0.2) is 140 Å². The number of aliphatic hydroxyl groups excluding tert-OH is 8. The Bertz CT molecular complexity index is 1610. The minimum absolute atomic E-state index is 0.259. The van der Waals surface area contributed by atoms with E-state index in [1.807, 2.05) is 6.08 Å². The van der Waals surface area contributed by atoms with Crippen LogP contribution in [0.3, 0.4) is 0 Å². The van der Waals surface area contributed by atoms with Gasteiger partial charge >= 0.3 is 0 Å². The van der Waals surface area contributed by atoms with E-state index in [-0.39, 0.29) is 18.9 Å². The average Bonchev–Trinajstić information content (AvgIpc) is 3.49. The van der Waals surface area contributed by atoms with E-state index in [2.05, 4.69) is 67.8 Å². The Morgan fingerprint density at radius 2 is 0.854 bits per heavy atom. The highest BCUT2D eigenvalue weighted by Crippen LogP contribution is 2.30. The molecule has 2 aliphatic heterocycles. The lowest BCUT2D eigenvalue weighted by Crippen LogP contribution is -2.65. The summed E-state index contributed by atoms with van der Waals surface area (Å²) in [6, 6.07) is -0.940. The molecule has 0 aromatic carbocycles. The molecular formula is C68H123NO13. The van der Waals surface area contributed by atoms with Crippen LogP contribution in [0.1, 0.15) is 271 Å². The number of hydrogen-bond acceptors (Lipinski definition) is 13. The molecule has 12 unspecified atom stereocenters. The van der Waals surface area contributed by atoms with E-state index in [0.29, 0.717) is 12.8 Å². The van der Waals surface area contributed by atoms with Crippen molar-refractivity contribution in [1.29, 1.82) is 0 Å². The van der Waals surface area contributed by atoms with Crippen LogP contribution in [-0.2, 0) is 23.7 Å². The number of unbranched alkanes of at least 4 members (excludes halogenated alkanes) is 33. The molecule has 2 fully saturated rings. The lowest BCUT2D eigenvalue weighted by Gasteiger charge is -2.46. The van der Waals surface area contributed by atoms with Gasteiger partial charge in [-0.25, -0.2) is 0 Å². The normalized spacial score (nSPS) is 24.3. The highest BCUT2D eigenvalue weighted by atomic mass is 16.7. The quantitative estimate of drug-likeness (QED) is 0.0204. The van der Waals surface area contributed by atoms with Gasteiger partial charge in [-0.2, -0.15) is 0 Å². The van der Waals surface area contributed by atoms with Crippen LogP contribution in [0.4, 0.5) is 0 Å². The molecule has 0 spiro atoms. The molecule has 14 nitrogen and oxygen atoms in total. The number of carbonyl (C=O) groups is 1. The average molecular weight is 1160 g/mol. The molecule has 0 aromatic rings. The Labute approximate surface area is 498 Å². The molecule has 2 rings (SSSR count). The highest BCUT2D eigenvalue weighted by Gasteiger charge is 2.51. The fraction of sp³-hybridized carbons (Fsp3) is 0.838. The van der Waals surface area contributed by atoms with Crippen molar-refractivity contribution in [3.8, 4) is 0 Å². The molecule has 1 amide bonds. The van der Waals surface area contributed by atoms with Crippen LogP contribution in [0.15, 0.2) is 60.8 Å². The van der Waals surface area contributed by atoms with Crippen molar-refractivity contribution < 1.29 is 64.6 Å². The van der Waals surface area contributed by atoms with E-state index in [1.165, 1.54) is 167 Å². The molecule has 0 aromatic heterocycles. The molecule has 2 aliphatic rings. The fourth-order valence-corrected chi connectivity index (χ4v) is 10.9. The van der Waals surface area contributed by atoms with Crippen LogP contribution in [0.25, 0.3) is 0 Å². The molecule has 9 N–H and O–H groups in total. The summed E-state index contributed by atoms with van der Waals surface area (Å²) in [7, 11) is 0. The van der Waals surface area contributed by atoms with Crippen LogP contribution in [0, 0.1) is 0 Å². The third-order valence-corrected chi connectivity index (χ3v) is 16.2. The second-order valence-corrected chi connectivity index (χ2v) is 23.6. The summed E-state index contributed by atoms with van der Waals surface area (Å²) in [5.74, 6) is -0.259. The van der Waals surface area contributed by atoms with Gasteiger partial charge in [-0.1, -0.05) is 261 Å². The Morgan fingerprint density at radius 1 is 0.451 bits per heavy atom. The van der Waals surface area contributed by atoms with Crippen LogP contribution >= 0.6 is 0 Å². The smallest absolute Gasteiger partial charge is 0.220 e. The Morgan fingerprint density at radius 3 is 1.34 bits per heavy atom. The second-order valence-electron chi connectivity index (χ2n) is 23.6. The summed E-state index contributed by atoms with van der Waals surface area (Å²) in [5.41, 5.74) is 0. The third-order valence-electron chi connectivity index (χ3n) is 16.2. The Balaban J connectivity index is 1.69. The lowest BCUT2D eigenvalue weighted by molar-refractivity contribution is -0.359. The molecule has 0 saturated carbocycles. The molecule has 14 heteroatoms. The summed E-state index contributed by atoms with van der Waals surface area (Å²) in [4.78, 5) is 13.3. The highest BCUT2D eigenvalue weighted by molar-refractivity contribution is 5.76. The van der Waals surface area contributed by atoms with Gasteiger partial charge in [-0.05, 0) is 64.2 Å². The van der Waals surface area contributed by atoms with Crippen molar-refractivity contribution in [1.82, 2.24) is 5.32 Å². The molecule has 2 saturated heterocycles. The summed E-state index contributed by atoms with van der Waals surface area (Å²) >= 11 is 0. The molecule has 0 aliphatic carbocycles. The Hall–Kier alpha value is -2.31. The summed E-state index contributed by atoms with van der Waals surface area (Å²) in [6.45, 7) is 2.68. The van der Waals surface area contributed by atoms with Gasteiger partial charge in [-0.3, -0.25) is 4.79 Å². The summed E-state index contributed by atoms with van der Waals surface area (Å²) < 4.78 is 22.8. The Kier molecular flexibility index (Phi) is 49.0. The standard InChI is InChI=1S/C68H123NO13/c1-3-5-7-9-11-13-15-17-19-21-22-23-24-25-26-27-28-29-30-31-32-33-34-36-37-39-41-43-45-47-49-51-57(72)56(69-60(73)52-50-48-46-44-42-40-38-35-20-18-16-14-12-10-8-6-4-2)55-79-67-65(78)63(76)66(59(54-71)81-67)82-68-64(77)62(75)61(74)58(53-70)80-68/h6,8,12,14,18,20,41,43,49,51,56-59,61-68,70-72,74-78H,3-5,7,9-11,13,15-17,19,21-40,42,44-48,50,52-55H2,1-2H3,(H,69,73)/b8-6-,14-12-,20-18-,43-41+,51-49+. The SMILES string of the molecule is CC/C=C\C/C=C\C/C=C\CCCCCCCCCC(=O)NC(COC1OC(CO)C(OC2OC(CO)C(O)C(O)C2O)C(O)C1O)C(O)/C=C/CC/C=C/CCCCCCCCCCCCCCCCCCCCCCCCCCC. The number of amides is 1. The number of rotatable bonds is 54. The maximum Gasteiger partial charge on any atom is 0.220 e. The zero-order valence-corrected chi connectivity index (χ0v) is 51.7. The van der Waals surface area contributed by atoms with Crippen molar-refractivity contribution in [2.75, 3.05) is 19.8 Å². The monoisotopic (exact) mass is 1160 g/mol. The number of ether oxygens (including phenoxy) is 4. The van der Waals surface area contributed by atoms with E-state index in [9.17, 15) is 45.6 Å². The van der Waals surface area contributed by atoms with E-state index in [1.54, 1.807) is 6.08 Å². The van der Waals surface area contributed by atoms with Crippen LogP contribution in [0.5, 0.6) is 0 Å². The van der Waals surface area contributed by atoms with Gasteiger partial charge in [-0.15, -0.1) is 0 Å². The number of allylic oxidation sites excluding steroid dienone is 9. The molecule has 2 heterocycles. The van der Waals surface area contributed by atoms with Crippen molar-refractivity contribution in [2.24, 2.45) is 0 Å². The van der Waals surface area contributed by atoms with Gasteiger partial charge < -0.3 is 65.1 Å². The van der Waals surface area contributed by atoms with Gasteiger partial charge in [0.05, 0.1) is 32.0 Å². The fourth-order valence-electron chi connectivity index (χ4n) is 10.9. The van der Waals surface area contributed by atoms with Gasteiger partial charge in [0.15, 0.2) is 12.6 Å². The number of nitrogens with one attached hydrogen (secondary N) is 1. The summed E-state index contributed by atoms with van der Waals surface area (Å²) in [5, 5.41) is 87.2. The largest absolute Gasteiger partial charge is 0.394 e. The molecular weight excluding hydrogens is 1040 g/mol. The molecule has 478 valence electrons. The van der Waals surface area contributed by atoms with Gasteiger partial charge in [0.2, 0.25) is 5.91 Å². The first-order valence-corrected chi connectivity index (χ1v) is 33.5. The first-order chi connectivity index (χ1) is 40.1. The van der Waals surface area contributed by atoms with Crippen molar-refractivity contribution >= 4 is 5.91 Å². The van der Waals surface area contributed by atoms with Crippen molar-refractivity contribution in [3.63, 3.8) is 0 Å². The van der Waals surface area contributed by atoms with E-state index >= 15 is 0 Å². The van der Waals surface area contributed by atoms with Crippen LogP contribution < -0.4 is 5.32 Å². The molecule has 0 bridgehead atoms. The minimum Gasteiger partial charge on any atom is -0.394 e. The van der Waals surface area contributed by atoms with Crippen molar-refractivity contribution in [3.05, 3.63) is 60.8 Å². The molecule has 12 atom stereocenters. The zero-order chi connectivity index (χ0) is 59.5. The maximum absolute atomic E-state index is 13.3. The van der Waals surface area contributed by atoms with Crippen LogP contribution in [0.2, 0.25) is 0 Å². The third kappa shape index (κ3) is 37.3. The van der Waals surface area contributed by atoms with Gasteiger partial charge in [0, 0.05) is 6.42 Å². The first-order valence-electron chi connectivity index (χ1n) is 33.5. The van der Waals surface area contributed by atoms with Gasteiger partial charge in [0.25, 0.3) is 0 Å². The van der Waals surface area contributed by atoms with E-state index < -0.39 is 86.8 Å². The van der Waals surface area contributed by atoms with Gasteiger partial charge in [0.1, 0.15) is 48.8 Å². The van der Waals surface area contributed by atoms with E-state index in [0.717, 1.165) is 70.6 Å². The predicted molar refractivity (Wildman–Crippen MR) is 332 cm³/mol. The maximum atomic E-state index is 13.3. The summed E-state index contributed by atoms with van der Waals surface area (Å²) in [6.07, 6.45) is 52.9. The van der Waals surface area contributed by atoms with Crippen molar-refractivity contribution in [2.45, 2.75) is 344 Å². The number of hydrogen-bond donors (Lipinski definition) is 9. The van der Waals surface area contributed by atoms with E-state index in [4.69, 9.17) is 18.9 Å².